The first-order valence-corrected chi connectivity index (χ1v) is 21.3. The summed E-state index contributed by atoms with van der Waals surface area (Å²) in [6.07, 6.45) is 3.80. The fourth-order valence-corrected chi connectivity index (χ4v) is 8.49. The topological polar surface area (TPSA) is 77.3 Å². The quantitative estimate of drug-likeness (QED) is 0.159. The van der Waals surface area contributed by atoms with Crippen LogP contribution in [0.25, 0.3) is 122 Å². The molecule has 298 valence electrons. The molecule has 0 saturated heterocycles. The van der Waals surface area contributed by atoms with E-state index in [1.807, 2.05) is 48.8 Å². The highest BCUT2D eigenvalue weighted by atomic mass is 14.9. The van der Waals surface area contributed by atoms with Gasteiger partial charge in [-0.05, 0) is 81.2 Å². The third-order valence-electron chi connectivity index (χ3n) is 11.9. The van der Waals surface area contributed by atoms with Crippen LogP contribution in [-0.2, 0) is 0 Å². The highest BCUT2D eigenvalue weighted by Crippen LogP contribution is 2.34. The van der Waals surface area contributed by atoms with E-state index >= 15 is 0 Å². The van der Waals surface area contributed by atoms with Crippen LogP contribution in [-0.4, -0.2) is 29.9 Å². The highest BCUT2D eigenvalue weighted by molar-refractivity contribution is 5.90. The van der Waals surface area contributed by atoms with Gasteiger partial charge in [-0.15, -0.1) is 0 Å². The van der Waals surface area contributed by atoms with Gasteiger partial charge in [0.1, 0.15) is 0 Å². The van der Waals surface area contributed by atoms with Gasteiger partial charge in [0.25, 0.3) is 0 Å². The van der Waals surface area contributed by atoms with E-state index in [-0.39, 0.29) is 0 Å². The molecular formula is C58H36N6. The molecule has 12 rings (SSSR count). The minimum absolute atomic E-state index is 0.650. The number of hydrogen-bond acceptors (Lipinski definition) is 6. The van der Waals surface area contributed by atoms with E-state index in [2.05, 4.69) is 170 Å². The first-order valence-electron chi connectivity index (χ1n) is 21.3. The second-order valence-electron chi connectivity index (χ2n) is 16.0. The molecule has 6 nitrogen and oxygen atoms in total. The Morgan fingerprint density at radius 1 is 0.219 bits per heavy atom. The molecule has 0 unspecified atom stereocenters. The molecule has 4 heterocycles. The highest BCUT2D eigenvalue weighted by Gasteiger charge is 2.15. The van der Waals surface area contributed by atoms with Gasteiger partial charge in [-0.1, -0.05) is 158 Å². The maximum Gasteiger partial charge on any atom is 0.160 e. The summed E-state index contributed by atoms with van der Waals surface area (Å²) in [7, 11) is 0. The molecule has 12 aromatic rings. The van der Waals surface area contributed by atoms with E-state index in [1.165, 1.54) is 10.8 Å². The smallest absolute Gasteiger partial charge is 0.160 e. The van der Waals surface area contributed by atoms with Gasteiger partial charge in [-0.2, -0.15) is 0 Å². The zero-order valence-corrected chi connectivity index (χ0v) is 34.5. The summed E-state index contributed by atoms with van der Waals surface area (Å²) in [4.78, 5) is 30.1. The lowest BCUT2D eigenvalue weighted by Crippen LogP contribution is -1.97. The van der Waals surface area contributed by atoms with Gasteiger partial charge in [0.15, 0.2) is 11.6 Å². The van der Waals surface area contributed by atoms with Crippen LogP contribution in [0.5, 0.6) is 0 Å². The van der Waals surface area contributed by atoms with Crippen LogP contribution < -0.4 is 0 Å². The van der Waals surface area contributed by atoms with Gasteiger partial charge >= 0.3 is 0 Å². The minimum atomic E-state index is 0.650. The molecule has 0 bridgehead atoms. The molecule has 0 spiro atoms. The number of pyridine rings is 2. The van der Waals surface area contributed by atoms with Gasteiger partial charge < -0.3 is 0 Å². The lowest BCUT2D eigenvalue weighted by molar-refractivity contribution is 1.18. The van der Waals surface area contributed by atoms with Crippen molar-refractivity contribution in [3.05, 3.63) is 219 Å². The van der Waals surface area contributed by atoms with Crippen molar-refractivity contribution in [2.24, 2.45) is 0 Å². The van der Waals surface area contributed by atoms with Gasteiger partial charge in [0, 0.05) is 56.5 Å². The zero-order chi connectivity index (χ0) is 42.4. The standard InChI is InChI=1S/C58H36N6/c1-3-11-43-29-47(27-21-37(43)9-1)53-33-55(49-31-45-13-5-7-15-51(45)59-35-49)63-57(61-53)41-23-17-39(18-24-41)40-19-25-42(26-20-40)58-62-54(48-28-22-38-10-2-4-12-44(38)30-48)34-56(64-58)50-32-46-14-6-8-16-52(46)60-36-50/h1-36H. The Hall–Kier alpha value is -8.74. The summed E-state index contributed by atoms with van der Waals surface area (Å²) >= 11 is 0. The molecule has 0 saturated carbocycles. The van der Waals surface area contributed by atoms with Gasteiger partial charge in [-0.25, -0.2) is 19.9 Å². The molecule has 0 aliphatic heterocycles. The molecule has 4 aromatic heterocycles. The van der Waals surface area contributed by atoms with Crippen LogP contribution in [0.1, 0.15) is 0 Å². The van der Waals surface area contributed by atoms with Crippen LogP contribution in [0, 0.1) is 0 Å². The monoisotopic (exact) mass is 816 g/mol. The molecule has 0 aliphatic carbocycles. The fourth-order valence-electron chi connectivity index (χ4n) is 8.49. The van der Waals surface area contributed by atoms with Crippen molar-refractivity contribution in [2.75, 3.05) is 0 Å². The summed E-state index contributed by atoms with van der Waals surface area (Å²) in [6.45, 7) is 0. The summed E-state index contributed by atoms with van der Waals surface area (Å²) in [6, 6.07) is 71.5. The van der Waals surface area contributed by atoms with E-state index in [0.29, 0.717) is 11.6 Å². The molecule has 0 N–H and O–H groups in total. The molecule has 0 aliphatic rings. The van der Waals surface area contributed by atoms with Crippen molar-refractivity contribution in [3.63, 3.8) is 0 Å². The molecule has 64 heavy (non-hydrogen) atoms. The number of para-hydroxylation sites is 2. The molecular weight excluding hydrogens is 781 g/mol. The molecule has 8 aromatic carbocycles. The van der Waals surface area contributed by atoms with Crippen molar-refractivity contribution in [3.8, 4) is 78.9 Å². The first kappa shape index (κ1) is 37.1. The third-order valence-corrected chi connectivity index (χ3v) is 11.9. The van der Waals surface area contributed by atoms with Gasteiger partial charge in [-0.3, -0.25) is 9.97 Å². The van der Waals surface area contributed by atoms with Crippen molar-refractivity contribution in [1.82, 2.24) is 29.9 Å². The molecule has 0 atom stereocenters. The Morgan fingerprint density at radius 3 is 0.953 bits per heavy atom. The molecule has 6 heteroatoms. The normalized spacial score (nSPS) is 11.4. The van der Waals surface area contributed by atoms with E-state index in [0.717, 1.165) is 99.9 Å². The van der Waals surface area contributed by atoms with Crippen LogP contribution in [0.3, 0.4) is 0 Å². The third kappa shape index (κ3) is 7.09. The lowest BCUT2D eigenvalue weighted by atomic mass is 10.0. The second kappa shape index (κ2) is 15.6. The number of nitrogens with zero attached hydrogens (tertiary/aromatic N) is 6. The predicted molar refractivity (Wildman–Crippen MR) is 261 cm³/mol. The maximum atomic E-state index is 5.15. The number of aromatic nitrogens is 6. The van der Waals surface area contributed by atoms with E-state index in [1.54, 1.807) is 0 Å². The summed E-state index contributed by atoms with van der Waals surface area (Å²) in [5.74, 6) is 1.30. The fraction of sp³-hybridized carbons (Fsp3) is 0. The number of benzene rings is 8. The Morgan fingerprint density at radius 2 is 0.531 bits per heavy atom. The summed E-state index contributed by atoms with van der Waals surface area (Å²) in [5.41, 5.74) is 13.2. The van der Waals surface area contributed by atoms with Crippen LogP contribution in [0.4, 0.5) is 0 Å². The van der Waals surface area contributed by atoms with Gasteiger partial charge in [0.2, 0.25) is 0 Å². The van der Waals surface area contributed by atoms with Gasteiger partial charge in [0.05, 0.1) is 33.8 Å². The van der Waals surface area contributed by atoms with Crippen LogP contribution in [0.15, 0.2) is 219 Å². The van der Waals surface area contributed by atoms with Crippen LogP contribution in [0.2, 0.25) is 0 Å². The maximum absolute atomic E-state index is 5.15. The van der Waals surface area contributed by atoms with E-state index in [4.69, 9.17) is 29.9 Å². The molecule has 0 amide bonds. The Balaban J connectivity index is 0.894. The Bertz CT molecular complexity index is 3290. The number of hydrogen-bond donors (Lipinski definition) is 0. The Kier molecular flexibility index (Phi) is 9.05. The Labute approximate surface area is 369 Å². The molecule has 0 fully saturated rings. The van der Waals surface area contributed by atoms with E-state index in [9.17, 15) is 0 Å². The number of rotatable bonds is 7. The van der Waals surface area contributed by atoms with Crippen molar-refractivity contribution in [1.29, 1.82) is 0 Å². The van der Waals surface area contributed by atoms with Crippen molar-refractivity contribution >= 4 is 43.4 Å². The first-order chi connectivity index (χ1) is 31.6. The average Bonchev–Trinajstić information content (AvgIpc) is 3.38. The largest absolute Gasteiger partial charge is 0.256 e. The second-order valence-corrected chi connectivity index (χ2v) is 16.0. The lowest BCUT2D eigenvalue weighted by Gasteiger charge is -2.12. The summed E-state index contributed by atoms with van der Waals surface area (Å²) in [5, 5.41) is 6.83. The van der Waals surface area contributed by atoms with Crippen molar-refractivity contribution in [2.45, 2.75) is 0 Å². The van der Waals surface area contributed by atoms with Crippen molar-refractivity contribution < 1.29 is 0 Å². The zero-order valence-electron chi connectivity index (χ0n) is 34.5. The number of fused-ring (bicyclic) bond motifs is 4. The minimum Gasteiger partial charge on any atom is -0.256 e. The van der Waals surface area contributed by atoms with Crippen LogP contribution >= 0.6 is 0 Å². The predicted octanol–water partition coefficient (Wildman–Crippen LogP) is 14.3. The SMILES string of the molecule is c1ccc2cc(-c3cc(-c4cnc5ccccc5c4)nc(-c4ccc(-c5ccc(-c6nc(-c7ccc8ccccc8c7)cc(-c7cnc8ccccc8c7)n6)cc5)cc4)n3)ccc2c1. The summed E-state index contributed by atoms with van der Waals surface area (Å²) < 4.78 is 0. The average molecular weight is 817 g/mol. The van der Waals surface area contributed by atoms with E-state index < -0.39 is 0 Å². The molecule has 0 radical (unpaired) electrons.